The lowest BCUT2D eigenvalue weighted by atomic mass is 10.1. The molecular weight excluding hydrogens is 144 g/mol. The lowest BCUT2D eigenvalue weighted by Crippen LogP contribution is -1.94. The molecule has 0 aromatic heterocycles. The second kappa shape index (κ2) is 2.90. The second-order valence-electron chi connectivity index (χ2n) is 2.44. The van der Waals surface area contributed by atoms with Crippen molar-refractivity contribution in [3.63, 3.8) is 0 Å². The van der Waals surface area contributed by atoms with Crippen LogP contribution in [0.5, 0.6) is 5.75 Å². The zero-order chi connectivity index (χ0) is 8.43. The first-order valence-electron chi connectivity index (χ1n) is 3.27. The minimum absolute atomic E-state index is 0.0833. The number of benzene rings is 1. The lowest BCUT2D eigenvalue weighted by molar-refractivity contribution is -0.0438. The van der Waals surface area contributed by atoms with Gasteiger partial charge in [-0.05, 0) is 24.6 Å². The molecule has 3 nitrogen and oxygen atoms in total. The maximum absolute atomic E-state index is 9.14. The molecule has 1 aromatic carbocycles. The molecule has 0 atom stereocenters. The molecule has 0 bridgehead atoms. The topological polar surface area (TPSA) is 60.7 Å². The number of aliphatic hydroxyl groups excluding tert-OH is 1. The largest absolute Gasteiger partial charge is 0.507 e. The van der Waals surface area contributed by atoms with Gasteiger partial charge in [-0.15, -0.1) is 0 Å². The summed E-state index contributed by atoms with van der Waals surface area (Å²) in [6, 6.07) is 4.67. The molecule has 60 valence electrons. The van der Waals surface area contributed by atoms with Gasteiger partial charge >= 0.3 is 0 Å². The van der Waals surface area contributed by atoms with Crippen LogP contribution in [-0.2, 0) is 0 Å². The molecule has 0 fully saturated rings. The number of hydrogen-bond acceptors (Lipinski definition) is 3. The number of aryl methyl sites for hydroxylation is 1. The van der Waals surface area contributed by atoms with Crippen LogP contribution in [0.3, 0.4) is 0 Å². The third kappa shape index (κ3) is 1.69. The summed E-state index contributed by atoms with van der Waals surface area (Å²) < 4.78 is 0. The van der Waals surface area contributed by atoms with Crippen LogP contribution in [0.1, 0.15) is 17.4 Å². The van der Waals surface area contributed by atoms with Crippen molar-refractivity contribution in [3.8, 4) is 5.75 Å². The molecule has 0 amide bonds. The number of hydrogen-bond donors (Lipinski definition) is 3. The molecule has 0 heterocycles. The zero-order valence-corrected chi connectivity index (χ0v) is 6.15. The maximum Gasteiger partial charge on any atom is 0.182 e. The van der Waals surface area contributed by atoms with Crippen molar-refractivity contribution in [1.29, 1.82) is 0 Å². The van der Waals surface area contributed by atoms with Gasteiger partial charge in [-0.1, -0.05) is 6.07 Å². The molecular formula is C8H10O3. The smallest absolute Gasteiger partial charge is 0.182 e. The van der Waals surface area contributed by atoms with Crippen molar-refractivity contribution < 1.29 is 15.3 Å². The van der Waals surface area contributed by atoms with Gasteiger partial charge in [0.05, 0.1) is 0 Å². The van der Waals surface area contributed by atoms with Gasteiger partial charge in [-0.3, -0.25) is 0 Å². The molecule has 0 unspecified atom stereocenters. The van der Waals surface area contributed by atoms with Crippen molar-refractivity contribution in [2.75, 3.05) is 0 Å². The summed E-state index contributed by atoms with van der Waals surface area (Å²) in [4.78, 5) is 0. The van der Waals surface area contributed by atoms with E-state index in [0.717, 1.165) is 5.56 Å². The molecule has 0 radical (unpaired) electrons. The van der Waals surface area contributed by atoms with Crippen LogP contribution in [0.15, 0.2) is 18.2 Å². The standard InChI is InChI=1S/C8H10O3/c1-5-2-3-6(8(10)11)7(9)4-5/h2-4,8-11H,1H3. The van der Waals surface area contributed by atoms with Gasteiger partial charge in [0.2, 0.25) is 0 Å². The molecule has 0 spiro atoms. The summed E-state index contributed by atoms with van der Waals surface area (Å²) in [5, 5.41) is 26.5. The van der Waals surface area contributed by atoms with Crippen molar-refractivity contribution in [3.05, 3.63) is 29.3 Å². The Bertz CT molecular complexity index is 256. The summed E-state index contributed by atoms with van der Waals surface area (Å²) in [7, 11) is 0. The second-order valence-corrected chi connectivity index (χ2v) is 2.44. The average Bonchev–Trinajstić information content (AvgIpc) is 1.85. The third-order valence-corrected chi connectivity index (χ3v) is 1.46. The first-order valence-corrected chi connectivity index (χ1v) is 3.27. The Morgan fingerprint density at radius 1 is 1.27 bits per heavy atom. The quantitative estimate of drug-likeness (QED) is 0.521. The number of aliphatic hydroxyl groups is 2. The molecule has 3 heteroatoms. The molecule has 0 aliphatic heterocycles. The Balaban J connectivity index is 3.09. The Labute approximate surface area is 64.5 Å². The van der Waals surface area contributed by atoms with E-state index in [2.05, 4.69) is 0 Å². The third-order valence-electron chi connectivity index (χ3n) is 1.46. The van der Waals surface area contributed by atoms with Crippen LogP contribution in [0.4, 0.5) is 0 Å². The van der Waals surface area contributed by atoms with E-state index in [4.69, 9.17) is 15.3 Å². The predicted molar refractivity (Wildman–Crippen MR) is 40.0 cm³/mol. The Morgan fingerprint density at radius 2 is 1.91 bits per heavy atom. The summed E-state index contributed by atoms with van der Waals surface area (Å²) in [5.41, 5.74) is 1.02. The fourth-order valence-electron chi connectivity index (χ4n) is 0.872. The van der Waals surface area contributed by atoms with Gasteiger partial charge in [0, 0.05) is 5.56 Å². The molecule has 0 saturated heterocycles. The van der Waals surface area contributed by atoms with Crippen LogP contribution in [0.25, 0.3) is 0 Å². The van der Waals surface area contributed by atoms with Gasteiger partial charge in [0.25, 0.3) is 0 Å². The van der Waals surface area contributed by atoms with Gasteiger partial charge < -0.3 is 15.3 Å². The Hall–Kier alpha value is -1.06. The van der Waals surface area contributed by atoms with Gasteiger partial charge in [-0.2, -0.15) is 0 Å². The SMILES string of the molecule is Cc1ccc(C(O)O)c(O)c1. The monoisotopic (exact) mass is 154 g/mol. The highest BCUT2D eigenvalue weighted by molar-refractivity contribution is 5.36. The molecule has 1 aromatic rings. The highest BCUT2D eigenvalue weighted by Gasteiger charge is 2.07. The number of phenolic OH excluding ortho intramolecular Hbond substituents is 1. The van der Waals surface area contributed by atoms with E-state index in [-0.39, 0.29) is 11.3 Å². The fraction of sp³-hybridized carbons (Fsp3) is 0.250. The van der Waals surface area contributed by atoms with E-state index in [0.29, 0.717) is 0 Å². The van der Waals surface area contributed by atoms with Crippen molar-refractivity contribution in [2.45, 2.75) is 13.2 Å². The summed E-state index contributed by atoms with van der Waals surface area (Å²) in [6.45, 7) is 1.81. The highest BCUT2D eigenvalue weighted by atomic mass is 16.5. The normalized spacial score (nSPS) is 10.5. The first-order chi connectivity index (χ1) is 5.11. The summed E-state index contributed by atoms with van der Waals surface area (Å²) in [5.74, 6) is -0.0833. The van der Waals surface area contributed by atoms with E-state index in [1.807, 2.05) is 6.92 Å². The van der Waals surface area contributed by atoms with Crippen molar-refractivity contribution in [1.82, 2.24) is 0 Å². The Kier molecular flexibility index (Phi) is 2.12. The molecule has 11 heavy (non-hydrogen) atoms. The molecule has 0 aliphatic rings. The number of aromatic hydroxyl groups is 1. The van der Waals surface area contributed by atoms with E-state index in [1.54, 1.807) is 6.07 Å². The first kappa shape index (κ1) is 8.04. The molecule has 3 N–H and O–H groups in total. The van der Waals surface area contributed by atoms with Gasteiger partial charge in [0.1, 0.15) is 5.75 Å². The number of rotatable bonds is 1. The van der Waals surface area contributed by atoms with E-state index >= 15 is 0 Å². The van der Waals surface area contributed by atoms with Crippen LogP contribution in [0, 0.1) is 6.92 Å². The van der Waals surface area contributed by atoms with Crippen LogP contribution in [-0.4, -0.2) is 15.3 Å². The predicted octanol–water partition coefficient (Wildman–Crippen LogP) is 0.684. The molecule has 0 aliphatic carbocycles. The summed E-state index contributed by atoms with van der Waals surface area (Å²) >= 11 is 0. The van der Waals surface area contributed by atoms with Crippen molar-refractivity contribution >= 4 is 0 Å². The van der Waals surface area contributed by atoms with E-state index in [1.165, 1.54) is 12.1 Å². The molecule has 0 saturated carbocycles. The van der Waals surface area contributed by atoms with Crippen LogP contribution in [0.2, 0.25) is 0 Å². The number of phenols is 1. The highest BCUT2D eigenvalue weighted by Crippen LogP contribution is 2.22. The maximum atomic E-state index is 9.14. The van der Waals surface area contributed by atoms with Gasteiger partial charge in [-0.25, -0.2) is 0 Å². The lowest BCUT2D eigenvalue weighted by Gasteiger charge is -2.06. The van der Waals surface area contributed by atoms with Gasteiger partial charge in [0.15, 0.2) is 6.29 Å². The minimum atomic E-state index is -1.60. The fourth-order valence-corrected chi connectivity index (χ4v) is 0.872. The zero-order valence-electron chi connectivity index (χ0n) is 6.15. The summed E-state index contributed by atoms with van der Waals surface area (Å²) in [6.07, 6.45) is -1.60. The van der Waals surface area contributed by atoms with E-state index in [9.17, 15) is 0 Å². The van der Waals surface area contributed by atoms with E-state index < -0.39 is 6.29 Å². The average molecular weight is 154 g/mol. The Morgan fingerprint density at radius 3 is 2.36 bits per heavy atom. The van der Waals surface area contributed by atoms with Crippen molar-refractivity contribution in [2.24, 2.45) is 0 Å². The van der Waals surface area contributed by atoms with Crippen LogP contribution < -0.4 is 0 Å². The molecule has 1 rings (SSSR count). The van der Waals surface area contributed by atoms with Crippen LogP contribution >= 0.6 is 0 Å². The minimum Gasteiger partial charge on any atom is -0.507 e.